The number of methoxy groups -OCH3 is 1. The Hall–Kier alpha value is -2.84. The quantitative estimate of drug-likeness (QED) is 0.618. The van der Waals surface area contributed by atoms with Crippen molar-refractivity contribution in [2.75, 3.05) is 23.9 Å². The van der Waals surface area contributed by atoms with Crippen LogP contribution in [0.2, 0.25) is 0 Å². The normalized spacial score (nSPS) is 21.3. The molecule has 3 rings (SSSR count). The predicted octanol–water partition coefficient (Wildman–Crippen LogP) is 2.48. The monoisotopic (exact) mass is 494 g/mol. The van der Waals surface area contributed by atoms with Gasteiger partial charge >= 0.3 is 6.18 Å². The van der Waals surface area contributed by atoms with Gasteiger partial charge in [-0.1, -0.05) is 0 Å². The second-order valence-corrected chi connectivity index (χ2v) is 8.97. The van der Waals surface area contributed by atoms with E-state index in [1.165, 1.54) is 13.0 Å². The number of sulfonamides is 1. The number of anilines is 2. The lowest BCUT2D eigenvalue weighted by Crippen LogP contribution is -2.49. The van der Waals surface area contributed by atoms with Gasteiger partial charge in [-0.3, -0.25) is 4.79 Å². The Bertz CT molecular complexity index is 1190. The number of hydrogen-bond acceptors (Lipinski definition) is 6. The second kappa shape index (κ2) is 8.50. The molecule has 1 saturated heterocycles. The predicted molar refractivity (Wildman–Crippen MR) is 107 cm³/mol. The number of amides is 1. The van der Waals surface area contributed by atoms with Gasteiger partial charge in [0.05, 0.1) is 6.54 Å². The Balaban J connectivity index is 2.03. The summed E-state index contributed by atoms with van der Waals surface area (Å²) in [5.74, 6) is -3.42. The van der Waals surface area contributed by atoms with Crippen molar-refractivity contribution in [3.05, 3.63) is 47.7 Å². The third-order valence-electron chi connectivity index (χ3n) is 5.45. The van der Waals surface area contributed by atoms with Gasteiger partial charge in [-0.15, -0.1) is 0 Å². The fourth-order valence-corrected chi connectivity index (χ4v) is 4.15. The first-order chi connectivity index (χ1) is 15.2. The first kappa shape index (κ1) is 24.8. The number of pyridine rings is 1. The van der Waals surface area contributed by atoms with Crippen molar-refractivity contribution in [3.8, 4) is 0 Å². The van der Waals surface area contributed by atoms with Gasteiger partial charge in [-0.25, -0.2) is 27.3 Å². The Morgan fingerprint density at radius 3 is 2.55 bits per heavy atom. The molecule has 8 nitrogen and oxygen atoms in total. The third-order valence-corrected chi connectivity index (χ3v) is 6.26. The molecule has 3 N–H and O–H groups in total. The van der Waals surface area contributed by atoms with Gasteiger partial charge in [0.2, 0.25) is 5.91 Å². The molecule has 0 aliphatic carbocycles. The van der Waals surface area contributed by atoms with E-state index in [-0.39, 0.29) is 16.9 Å². The van der Waals surface area contributed by atoms with Crippen LogP contribution in [0.5, 0.6) is 0 Å². The van der Waals surface area contributed by atoms with E-state index in [1.54, 1.807) is 0 Å². The lowest BCUT2D eigenvalue weighted by atomic mass is 9.99. The summed E-state index contributed by atoms with van der Waals surface area (Å²) in [5.41, 5.74) is -3.28. The lowest BCUT2D eigenvalue weighted by molar-refractivity contribution is -0.261. The number of aromatic nitrogens is 1. The van der Waals surface area contributed by atoms with Crippen molar-refractivity contribution in [2.24, 2.45) is 5.14 Å². The van der Waals surface area contributed by atoms with Crippen molar-refractivity contribution in [2.45, 2.75) is 36.2 Å². The Kier molecular flexibility index (Phi) is 6.39. The number of hydrogen-bond donors (Lipinski definition) is 2. The second-order valence-electron chi connectivity index (χ2n) is 7.47. The van der Waals surface area contributed by atoms with Crippen LogP contribution < -0.4 is 15.4 Å². The molecule has 0 radical (unpaired) electrons. The van der Waals surface area contributed by atoms with Crippen molar-refractivity contribution in [3.63, 3.8) is 0 Å². The molecule has 14 heteroatoms. The molecule has 2 atom stereocenters. The van der Waals surface area contributed by atoms with Gasteiger partial charge in [0.25, 0.3) is 10.0 Å². The number of primary sulfonamides is 1. The number of nitrogens with one attached hydrogen (secondary N) is 1. The summed E-state index contributed by atoms with van der Waals surface area (Å²) < 4.78 is 97.2. The molecule has 0 unspecified atom stereocenters. The van der Waals surface area contributed by atoms with Crippen LogP contribution in [-0.4, -0.2) is 50.8 Å². The molecule has 1 aromatic heterocycles. The molecule has 0 bridgehead atoms. The minimum atomic E-state index is -4.89. The van der Waals surface area contributed by atoms with Gasteiger partial charge in [0, 0.05) is 42.7 Å². The van der Waals surface area contributed by atoms with Crippen molar-refractivity contribution < 1.29 is 39.9 Å². The SMILES string of the molecule is CO[C@]1(C(F)(F)F)C[C@H](C(=O)Nc2ccnc(S(N)(=O)=O)c2)N(c2ccc(F)c(F)c2C)C1. The summed E-state index contributed by atoms with van der Waals surface area (Å²) in [6, 6.07) is 2.43. The number of carbonyl (C=O) groups excluding carboxylic acids is 1. The molecule has 2 aromatic rings. The van der Waals surface area contributed by atoms with Crippen LogP contribution in [0.3, 0.4) is 0 Å². The highest BCUT2D eigenvalue weighted by molar-refractivity contribution is 7.89. The highest BCUT2D eigenvalue weighted by Gasteiger charge is 2.63. The zero-order chi connectivity index (χ0) is 24.8. The molecule has 2 heterocycles. The molecule has 0 saturated carbocycles. The maximum Gasteiger partial charge on any atom is 0.419 e. The number of alkyl halides is 3. The van der Waals surface area contributed by atoms with Gasteiger partial charge in [-0.05, 0) is 25.1 Å². The molecule has 180 valence electrons. The fourth-order valence-electron chi connectivity index (χ4n) is 3.65. The van der Waals surface area contributed by atoms with E-state index in [1.807, 2.05) is 0 Å². The number of nitrogens with two attached hydrogens (primary N) is 1. The topological polar surface area (TPSA) is 115 Å². The van der Waals surface area contributed by atoms with E-state index in [0.29, 0.717) is 0 Å². The van der Waals surface area contributed by atoms with Crippen LogP contribution in [0.1, 0.15) is 12.0 Å². The van der Waals surface area contributed by atoms with Crippen molar-refractivity contribution >= 4 is 27.3 Å². The Morgan fingerprint density at radius 2 is 1.97 bits per heavy atom. The van der Waals surface area contributed by atoms with Crippen molar-refractivity contribution in [1.82, 2.24) is 4.98 Å². The van der Waals surface area contributed by atoms with Crippen LogP contribution in [-0.2, 0) is 19.6 Å². The molecule has 0 spiro atoms. The molecule has 1 aliphatic rings. The van der Waals surface area contributed by atoms with E-state index in [0.717, 1.165) is 36.4 Å². The smallest absolute Gasteiger partial charge is 0.367 e. The number of benzene rings is 1. The van der Waals surface area contributed by atoms with Gasteiger partial charge in [0.1, 0.15) is 6.04 Å². The average Bonchev–Trinajstić information content (AvgIpc) is 3.13. The highest BCUT2D eigenvalue weighted by Crippen LogP contribution is 2.45. The number of nitrogens with zero attached hydrogens (tertiary/aromatic N) is 2. The van der Waals surface area contributed by atoms with E-state index in [4.69, 9.17) is 9.88 Å². The summed E-state index contributed by atoms with van der Waals surface area (Å²) in [6.07, 6.45) is -4.71. The Labute approximate surface area is 185 Å². The standard InChI is InChI=1S/C19H19F5N4O4S/c1-10-13(4-3-12(20)16(10)21)28-9-18(32-2,19(22,23)24)8-14(28)17(29)27-11-5-6-26-15(7-11)33(25,30)31/h3-7,14H,8-9H2,1-2H3,(H2,25,30,31)(H,26,27,29)/t14-,18-/m1/s1. The zero-order valence-electron chi connectivity index (χ0n) is 17.3. The maximum absolute atomic E-state index is 14.2. The summed E-state index contributed by atoms with van der Waals surface area (Å²) in [6.45, 7) is 0.306. The fraction of sp³-hybridized carbons (Fsp3) is 0.368. The van der Waals surface area contributed by atoms with Gasteiger partial charge in [0.15, 0.2) is 22.3 Å². The summed E-state index contributed by atoms with van der Waals surface area (Å²) in [4.78, 5) is 17.5. The number of halogens is 5. The van der Waals surface area contributed by atoms with E-state index < -0.39 is 63.4 Å². The third kappa shape index (κ3) is 4.63. The molecule has 1 fully saturated rings. The van der Waals surface area contributed by atoms with Crippen LogP contribution in [0.15, 0.2) is 35.5 Å². The number of rotatable bonds is 5. The molecule has 1 amide bonds. The largest absolute Gasteiger partial charge is 0.419 e. The average molecular weight is 494 g/mol. The van der Waals surface area contributed by atoms with E-state index in [2.05, 4.69) is 10.3 Å². The van der Waals surface area contributed by atoms with Crippen LogP contribution >= 0.6 is 0 Å². The maximum atomic E-state index is 14.2. The van der Waals surface area contributed by atoms with Crippen molar-refractivity contribution in [1.29, 1.82) is 0 Å². The molecule has 1 aromatic carbocycles. The number of ether oxygens (including phenoxy) is 1. The molecule has 1 aliphatic heterocycles. The van der Waals surface area contributed by atoms with Crippen LogP contribution in [0.4, 0.5) is 33.3 Å². The lowest BCUT2D eigenvalue weighted by Gasteiger charge is -2.31. The first-order valence-corrected chi connectivity index (χ1v) is 10.9. The van der Waals surface area contributed by atoms with Crippen LogP contribution in [0, 0.1) is 18.6 Å². The molecular weight excluding hydrogens is 475 g/mol. The zero-order valence-corrected chi connectivity index (χ0v) is 18.1. The van der Waals surface area contributed by atoms with Gasteiger partial charge < -0.3 is 15.0 Å². The molecular formula is C19H19F5N4O4S. The summed E-state index contributed by atoms with van der Waals surface area (Å²) in [5, 5.41) is 6.76. The minimum Gasteiger partial charge on any atom is -0.367 e. The number of carbonyl (C=O) groups is 1. The summed E-state index contributed by atoms with van der Waals surface area (Å²) in [7, 11) is -3.37. The minimum absolute atomic E-state index is 0.0945. The first-order valence-electron chi connectivity index (χ1n) is 9.33. The highest BCUT2D eigenvalue weighted by atomic mass is 32.2. The van der Waals surface area contributed by atoms with Crippen LogP contribution in [0.25, 0.3) is 0 Å². The Morgan fingerprint density at radius 1 is 1.30 bits per heavy atom. The van der Waals surface area contributed by atoms with E-state index in [9.17, 15) is 35.2 Å². The summed E-state index contributed by atoms with van der Waals surface area (Å²) >= 11 is 0. The van der Waals surface area contributed by atoms with Gasteiger partial charge in [-0.2, -0.15) is 13.2 Å². The molecule has 33 heavy (non-hydrogen) atoms. The van der Waals surface area contributed by atoms with E-state index >= 15 is 0 Å².